The number of carbonyl (C=O) groups excluding carboxylic acids is 4. The summed E-state index contributed by atoms with van der Waals surface area (Å²) >= 11 is 7.47. The molecule has 0 spiro atoms. The molecule has 0 radical (unpaired) electrons. The number of aromatic hydroxyl groups is 1. The summed E-state index contributed by atoms with van der Waals surface area (Å²) < 4.78 is 4.69. The average molecular weight is 595 g/mol. The molecule has 5 N–H and O–H groups in total. The molecule has 2 aromatic rings. The number of tetrazole rings is 1. The second-order valence-corrected chi connectivity index (χ2v) is 13.2. The molecule has 2 fully saturated rings. The van der Waals surface area contributed by atoms with Crippen LogP contribution in [0.5, 0.6) is 5.75 Å². The monoisotopic (exact) mass is 594 g/mol. The lowest BCUT2D eigenvalue weighted by molar-refractivity contribution is -0.158. The lowest BCUT2D eigenvalue weighted by Gasteiger charge is -2.44. The largest absolute Gasteiger partial charge is 0.506 e. The Kier molecular flexibility index (Phi) is 8.02. The minimum atomic E-state index is -1.21. The van der Waals surface area contributed by atoms with Crippen LogP contribution in [-0.2, 0) is 30.6 Å². The van der Waals surface area contributed by atoms with Crippen molar-refractivity contribution in [3.8, 4) is 5.75 Å². The van der Waals surface area contributed by atoms with Gasteiger partial charge < -0.3 is 31.1 Å². The van der Waals surface area contributed by atoms with Crippen molar-refractivity contribution in [2.75, 3.05) is 6.54 Å². The summed E-state index contributed by atoms with van der Waals surface area (Å²) in [6.45, 7) is 8.46. The third-order valence-electron chi connectivity index (χ3n) is 6.43. The molecule has 2 aliphatic heterocycles. The molecule has 0 bridgehead atoms. The topological polar surface area (TPSA) is 195 Å². The molecule has 0 aliphatic carbocycles. The van der Waals surface area contributed by atoms with E-state index in [4.69, 9.17) is 22.1 Å². The number of halogens is 1. The van der Waals surface area contributed by atoms with Crippen LogP contribution in [0.4, 0.5) is 0 Å². The van der Waals surface area contributed by atoms with E-state index in [1.54, 1.807) is 25.7 Å². The van der Waals surface area contributed by atoms with Crippen molar-refractivity contribution in [2.45, 2.75) is 69.6 Å². The Hall–Kier alpha value is -3.43. The quantitative estimate of drug-likeness (QED) is 0.247. The zero-order chi connectivity index (χ0) is 29.6. The highest BCUT2D eigenvalue weighted by molar-refractivity contribution is 8.01. The third-order valence-corrected chi connectivity index (χ3v) is 8.31. The standard InChI is InChI=1S/C24H31ClN8O6S/c1-23(2,3)22(38)39-10-32-30-18(29-31-32)17-24(4,5)40-21-16(20(37)33(17)21)28-19(36)15(27-14(35)9-26)11-6-7-13(34)12(25)8-11/h6-8,15-17,21,34H,9-10,26H2,1-5H3,(H,27,35)(H,28,36)/t15?,16?,17?,21-/m0/s1. The Morgan fingerprint density at radius 3 is 2.62 bits per heavy atom. The molecule has 1 aromatic heterocycles. The van der Waals surface area contributed by atoms with Crippen molar-refractivity contribution in [1.82, 2.24) is 35.7 Å². The molecule has 216 valence electrons. The Labute approximate surface area is 239 Å². The molecule has 2 saturated heterocycles. The SMILES string of the molecule is CC(C)(C)C(=O)OCn1nnc(C2N3C(=O)C(NC(=O)C(NC(=O)CN)c4ccc(O)c(Cl)c4)[C@@H]3SC2(C)C)n1. The fourth-order valence-corrected chi connectivity index (χ4v) is 6.20. The van der Waals surface area contributed by atoms with Crippen LogP contribution in [0.2, 0.25) is 5.02 Å². The highest BCUT2D eigenvalue weighted by atomic mass is 35.5. The highest BCUT2D eigenvalue weighted by Crippen LogP contribution is 2.56. The smallest absolute Gasteiger partial charge is 0.313 e. The van der Waals surface area contributed by atoms with E-state index in [9.17, 15) is 24.3 Å². The van der Waals surface area contributed by atoms with E-state index in [2.05, 4.69) is 26.0 Å². The summed E-state index contributed by atoms with van der Waals surface area (Å²) in [5.74, 6) is -1.93. The zero-order valence-electron chi connectivity index (χ0n) is 22.5. The van der Waals surface area contributed by atoms with E-state index in [1.165, 1.54) is 30.0 Å². The second kappa shape index (κ2) is 10.9. The highest BCUT2D eigenvalue weighted by Gasteiger charge is 2.63. The molecule has 2 aliphatic rings. The number of hydrogen-bond donors (Lipinski definition) is 4. The number of fused-ring (bicyclic) bond motifs is 1. The van der Waals surface area contributed by atoms with Crippen LogP contribution in [0.15, 0.2) is 18.2 Å². The molecular weight excluding hydrogens is 564 g/mol. The number of esters is 1. The van der Waals surface area contributed by atoms with Gasteiger partial charge in [-0.1, -0.05) is 17.7 Å². The van der Waals surface area contributed by atoms with E-state index >= 15 is 0 Å². The minimum absolute atomic E-state index is 0.00662. The Bertz CT molecular complexity index is 1340. The maximum Gasteiger partial charge on any atom is 0.313 e. The number of thioether (sulfide) groups is 1. The van der Waals surface area contributed by atoms with Gasteiger partial charge in [-0.25, -0.2) is 0 Å². The first-order chi connectivity index (χ1) is 18.6. The first-order valence-corrected chi connectivity index (χ1v) is 13.6. The van der Waals surface area contributed by atoms with Gasteiger partial charge in [0.1, 0.15) is 29.2 Å². The Morgan fingerprint density at radius 2 is 2.00 bits per heavy atom. The summed E-state index contributed by atoms with van der Waals surface area (Å²) in [4.78, 5) is 53.5. The van der Waals surface area contributed by atoms with Crippen LogP contribution in [0.3, 0.4) is 0 Å². The van der Waals surface area contributed by atoms with Gasteiger partial charge in [0.2, 0.25) is 24.5 Å². The molecule has 3 unspecified atom stereocenters. The molecule has 40 heavy (non-hydrogen) atoms. The van der Waals surface area contributed by atoms with Gasteiger partial charge in [-0.2, -0.15) is 0 Å². The summed E-state index contributed by atoms with van der Waals surface area (Å²) in [6.07, 6.45) is 0. The van der Waals surface area contributed by atoms with E-state index in [0.29, 0.717) is 5.56 Å². The van der Waals surface area contributed by atoms with Crippen LogP contribution >= 0.6 is 23.4 Å². The molecule has 1 aromatic carbocycles. The molecule has 16 heteroatoms. The number of phenolic OH excluding ortho intramolecular Hbond substituents is 1. The molecule has 3 heterocycles. The van der Waals surface area contributed by atoms with E-state index in [1.807, 2.05) is 13.8 Å². The fourth-order valence-electron chi connectivity index (χ4n) is 4.38. The van der Waals surface area contributed by atoms with E-state index in [0.717, 1.165) is 4.80 Å². The number of phenols is 1. The number of β-lactam (4-membered cyclic amide) rings is 1. The van der Waals surface area contributed by atoms with Crippen LogP contribution in [0, 0.1) is 5.41 Å². The van der Waals surface area contributed by atoms with Gasteiger partial charge in [0.15, 0.2) is 5.82 Å². The second-order valence-electron chi connectivity index (χ2n) is 11.0. The Balaban J connectivity index is 1.49. The molecule has 0 saturated carbocycles. The summed E-state index contributed by atoms with van der Waals surface area (Å²) in [5, 5.41) is 27.0. The van der Waals surface area contributed by atoms with Gasteiger partial charge in [-0.05, 0) is 57.5 Å². The predicted molar refractivity (Wildman–Crippen MR) is 143 cm³/mol. The van der Waals surface area contributed by atoms with E-state index in [-0.39, 0.29) is 35.8 Å². The van der Waals surface area contributed by atoms with Gasteiger partial charge in [0.25, 0.3) is 0 Å². The zero-order valence-corrected chi connectivity index (χ0v) is 24.1. The van der Waals surface area contributed by atoms with E-state index < -0.39 is 51.4 Å². The number of rotatable bonds is 8. The van der Waals surface area contributed by atoms with Gasteiger partial charge >= 0.3 is 5.97 Å². The van der Waals surface area contributed by atoms with Crippen LogP contribution < -0.4 is 16.4 Å². The van der Waals surface area contributed by atoms with Crippen LogP contribution in [-0.4, -0.2) is 76.6 Å². The van der Waals surface area contributed by atoms with Crippen LogP contribution in [0.1, 0.15) is 58.1 Å². The van der Waals surface area contributed by atoms with Crippen molar-refractivity contribution >= 4 is 47.1 Å². The molecule has 14 nitrogen and oxygen atoms in total. The number of carbonyl (C=O) groups is 4. The third kappa shape index (κ3) is 5.71. The van der Waals surface area contributed by atoms with Gasteiger partial charge in [-0.3, -0.25) is 19.2 Å². The van der Waals surface area contributed by atoms with Gasteiger partial charge in [-0.15, -0.1) is 26.8 Å². The molecule has 4 atom stereocenters. The summed E-state index contributed by atoms with van der Waals surface area (Å²) in [5.41, 5.74) is 5.03. The average Bonchev–Trinajstić information content (AvgIpc) is 3.44. The predicted octanol–water partition coefficient (Wildman–Crippen LogP) is 0.615. The number of nitrogens with two attached hydrogens (primary N) is 1. The van der Waals surface area contributed by atoms with Gasteiger partial charge in [0, 0.05) is 4.75 Å². The minimum Gasteiger partial charge on any atom is -0.506 e. The number of benzene rings is 1. The Morgan fingerprint density at radius 1 is 1.30 bits per heavy atom. The number of hydrogen-bond acceptors (Lipinski definition) is 11. The summed E-state index contributed by atoms with van der Waals surface area (Å²) in [6, 6.07) is 1.45. The number of ether oxygens (including phenoxy) is 1. The first-order valence-electron chi connectivity index (χ1n) is 12.4. The van der Waals surface area contributed by atoms with Crippen LogP contribution in [0.25, 0.3) is 0 Å². The normalized spacial score (nSPS) is 22.2. The lowest BCUT2D eigenvalue weighted by Crippen LogP contribution is -2.68. The number of aromatic nitrogens is 4. The molecule has 4 rings (SSSR count). The number of nitrogens with zero attached hydrogens (tertiary/aromatic N) is 5. The molecule has 3 amide bonds. The molecular formula is C24H31ClN8O6S. The first kappa shape index (κ1) is 29.6. The van der Waals surface area contributed by atoms with Crippen molar-refractivity contribution in [3.63, 3.8) is 0 Å². The van der Waals surface area contributed by atoms with Crippen molar-refractivity contribution in [1.29, 1.82) is 0 Å². The number of amides is 3. The maximum absolute atomic E-state index is 13.3. The maximum atomic E-state index is 13.3. The van der Waals surface area contributed by atoms with Crippen molar-refractivity contribution in [3.05, 3.63) is 34.6 Å². The van der Waals surface area contributed by atoms with Crippen molar-refractivity contribution in [2.24, 2.45) is 11.1 Å². The summed E-state index contributed by atoms with van der Waals surface area (Å²) in [7, 11) is 0. The fraction of sp³-hybridized carbons (Fsp3) is 0.542. The van der Waals surface area contributed by atoms with Gasteiger partial charge in [0.05, 0.1) is 17.0 Å². The van der Waals surface area contributed by atoms with Crippen molar-refractivity contribution < 1.29 is 29.0 Å². The lowest BCUT2D eigenvalue weighted by atomic mass is 9.95. The number of nitrogens with one attached hydrogen (secondary N) is 2.